The summed E-state index contributed by atoms with van der Waals surface area (Å²) in [6, 6.07) is 3.63. The van der Waals surface area contributed by atoms with Gasteiger partial charge in [-0.15, -0.1) is 0 Å². The van der Waals surface area contributed by atoms with Gasteiger partial charge in [-0.05, 0) is 48.3 Å². The maximum atomic E-state index is 13.0. The van der Waals surface area contributed by atoms with Crippen LogP contribution in [0.5, 0.6) is 17.2 Å². The Morgan fingerprint density at radius 1 is 1.19 bits per heavy atom. The van der Waals surface area contributed by atoms with E-state index in [0.717, 1.165) is 23.4 Å². The Balaban J connectivity index is 1.63. The predicted molar refractivity (Wildman–Crippen MR) is 101 cm³/mol. The smallest absolute Gasteiger partial charge is 0.251 e. The normalized spacial score (nSPS) is 21.4. The second-order valence-corrected chi connectivity index (χ2v) is 8.07. The highest BCUT2D eigenvalue weighted by atomic mass is 16.5. The second-order valence-electron chi connectivity index (χ2n) is 8.07. The van der Waals surface area contributed by atoms with Gasteiger partial charge in [-0.25, -0.2) is 4.68 Å². The molecule has 6 nitrogen and oxygen atoms in total. The quantitative estimate of drug-likeness (QED) is 0.807. The minimum absolute atomic E-state index is 0.0345. The van der Waals surface area contributed by atoms with Crippen molar-refractivity contribution in [1.29, 1.82) is 0 Å². The second kappa shape index (κ2) is 6.01. The molecule has 0 saturated heterocycles. The van der Waals surface area contributed by atoms with Crippen molar-refractivity contribution < 1.29 is 19.0 Å². The van der Waals surface area contributed by atoms with Crippen molar-refractivity contribution in [1.82, 2.24) is 9.78 Å². The molecule has 0 unspecified atom stereocenters. The standard InChI is InChI=1S/C21H26N2O4/c1-11-18-14(10-13-19(18)21(13,2)3)23(22-11)17(24)9-12-7-15(25-4)20(27-6)16(8-12)26-5/h7-8,13,19H,9-10H2,1-6H3/t13-,19-/m1/s1. The molecule has 0 amide bonds. The first-order valence-electron chi connectivity index (χ1n) is 9.24. The summed E-state index contributed by atoms with van der Waals surface area (Å²) in [5.74, 6) is 2.77. The van der Waals surface area contributed by atoms with Crippen LogP contribution in [0.15, 0.2) is 12.1 Å². The van der Waals surface area contributed by atoms with Crippen LogP contribution < -0.4 is 14.2 Å². The van der Waals surface area contributed by atoms with Crippen molar-refractivity contribution in [3.63, 3.8) is 0 Å². The first-order chi connectivity index (χ1) is 12.8. The Morgan fingerprint density at radius 3 is 2.37 bits per heavy atom. The van der Waals surface area contributed by atoms with Crippen molar-refractivity contribution in [2.24, 2.45) is 11.3 Å². The van der Waals surface area contributed by atoms with Gasteiger partial charge in [-0.1, -0.05) is 13.8 Å². The number of aryl methyl sites for hydroxylation is 1. The molecule has 0 aliphatic heterocycles. The van der Waals surface area contributed by atoms with Crippen LogP contribution in [0.4, 0.5) is 0 Å². The third-order valence-electron chi connectivity index (χ3n) is 6.30. The lowest BCUT2D eigenvalue weighted by atomic mass is 9.98. The molecule has 2 aliphatic carbocycles. The zero-order valence-electron chi connectivity index (χ0n) is 16.8. The van der Waals surface area contributed by atoms with Crippen LogP contribution in [0, 0.1) is 18.3 Å². The Hall–Kier alpha value is -2.50. The van der Waals surface area contributed by atoms with E-state index >= 15 is 0 Å². The number of carbonyl (C=O) groups excluding carboxylic acids is 1. The molecule has 144 valence electrons. The molecule has 2 aromatic rings. The topological polar surface area (TPSA) is 62.6 Å². The maximum absolute atomic E-state index is 13.0. The molecule has 0 N–H and O–H groups in total. The van der Waals surface area contributed by atoms with Crippen molar-refractivity contribution >= 4 is 5.91 Å². The summed E-state index contributed by atoms with van der Waals surface area (Å²) < 4.78 is 17.7. The lowest BCUT2D eigenvalue weighted by Crippen LogP contribution is -2.19. The first kappa shape index (κ1) is 17.9. The number of methoxy groups -OCH3 is 3. The van der Waals surface area contributed by atoms with Gasteiger partial charge in [0.05, 0.1) is 39.1 Å². The molecule has 1 saturated carbocycles. The molecule has 6 heteroatoms. The van der Waals surface area contributed by atoms with Crippen molar-refractivity contribution in [2.75, 3.05) is 21.3 Å². The minimum Gasteiger partial charge on any atom is -0.493 e. The fraction of sp³-hybridized carbons (Fsp3) is 0.524. The lowest BCUT2D eigenvalue weighted by Gasteiger charge is -2.14. The molecule has 4 rings (SSSR count). The third-order valence-corrected chi connectivity index (χ3v) is 6.30. The molecule has 1 aromatic carbocycles. The Kier molecular flexibility index (Phi) is 3.98. The molecule has 27 heavy (non-hydrogen) atoms. The number of nitrogens with zero attached hydrogens (tertiary/aromatic N) is 2. The summed E-state index contributed by atoms with van der Waals surface area (Å²) in [6.45, 7) is 6.62. The summed E-state index contributed by atoms with van der Waals surface area (Å²) in [7, 11) is 4.70. The van der Waals surface area contributed by atoms with Crippen molar-refractivity contribution in [3.05, 3.63) is 34.6 Å². The van der Waals surface area contributed by atoms with Gasteiger partial charge in [0.25, 0.3) is 5.91 Å². The average molecular weight is 370 g/mol. The Bertz CT molecular complexity index is 903. The predicted octanol–water partition coefficient (Wildman–Crippen LogP) is 3.40. The van der Waals surface area contributed by atoms with Crippen LogP contribution in [0.1, 0.15) is 47.1 Å². The Morgan fingerprint density at radius 2 is 1.81 bits per heavy atom. The molecule has 0 bridgehead atoms. The summed E-state index contributed by atoms with van der Waals surface area (Å²) in [6.07, 6.45) is 1.16. The van der Waals surface area contributed by atoms with Crippen molar-refractivity contribution in [2.45, 2.75) is 39.5 Å². The number of benzene rings is 1. The zero-order valence-corrected chi connectivity index (χ0v) is 16.8. The number of hydrogen-bond acceptors (Lipinski definition) is 5. The number of rotatable bonds is 5. The lowest BCUT2D eigenvalue weighted by molar-refractivity contribution is 0.0894. The van der Waals surface area contributed by atoms with Gasteiger partial charge in [0.1, 0.15) is 0 Å². The summed E-state index contributed by atoms with van der Waals surface area (Å²) in [5.41, 5.74) is 4.52. The Labute approximate surface area is 159 Å². The van der Waals surface area contributed by atoms with Crippen LogP contribution in [-0.2, 0) is 12.8 Å². The average Bonchev–Trinajstić information content (AvgIpc) is 2.97. The molecule has 1 fully saturated rings. The first-order valence-corrected chi connectivity index (χ1v) is 9.24. The van der Waals surface area contributed by atoms with E-state index in [1.165, 1.54) is 5.56 Å². The molecule has 1 aromatic heterocycles. The fourth-order valence-electron chi connectivity index (χ4n) is 4.79. The molecule has 2 aliphatic rings. The van der Waals surface area contributed by atoms with Gasteiger partial charge in [-0.2, -0.15) is 5.10 Å². The van der Waals surface area contributed by atoms with Gasteiger partial charge in [0, 0.05) is 5.56 Å². The highest BCUT2D eigenvalue weighted by Gasteiger charge is 2.64. The highest BCUT2D eigenvalue weighted by molar-refractivity contribution is 5.82. The number of aromatic nitrogens is 2. The van der Waals surface area contributed by atoms with Gasteiger partial charge in [0.15, 0.2) is 11.5 Å². The van der Waals surface area contributed by atoms with E-state index < -0.39 is 0 Å². The summed E-state index contributed by atoms with van der Waals surface area (Å²) in [5, 5.41) is 4.57. The molecule has 1 heterocycles. The summed E-state index contributed by atoms with van der Waals surface area (Å²) in [4.78, 5) is 13.0. The van der Waals surface area contributed by atoms with Gasteiger partial charge in [-0.3, -0.25) is 4.79 Å². The van der Waals surface area contributed by atoms with Crippen LogP contribution in [0.2, 0.25) is 0 Å². The monoisotopic (exact) mass is 370 g/mol. The molecule has 0 radical (unpaired) electrons. The number of ether oxygens (including phenoxy) is 3. The van der Waals surface area contributed by atoms with E-state index in [4.69, 9.17) is 14.2 Å². The van der Waals surface area contributed by atoms with Crippen LogP contribution in [0.25, 0.3) is 0 Å². The van der Waals surface area contributed by atoms with E-state index in [9.17, 15) is 4.79 Å². The molecule has 0 spiro atoms. The van der Waals surface area contributed by atoms with Crippen LogP contribution in [0.3, 0.4) is 0 Å². The van der Waals surface area contributed by atoms with Gasteiger partial charge < -0.3 is 14.2 Å². The highest BCUT2D eigenvalue weighted by Crippen LogP contribution is 2.70. The number of hydrogen-bond donors (Lipinski definition) is 0. The number of carbonyl (C=O) groups is 1. The zero-order chi connectivity index (χ0) is 19.5. The van der Waals surface area contributed by atoms with Gasteiger partial charge >= 0.3 is 0 Å². The molecular weight excluding hydrogens is 344 g/mol. The SMILES string of the molecule is COc1cc(CC(=O)n2nc(C)c3c2C[C@@H]2[C@H]3C2(C)C)cc(OC)c1OC. The van der Waals surface area contributed by atoms with Crippen molar-refractivity contribution in [3.8, 4) is 17.2 Å². The number of fused-ring (bicyclic) bond motifs is 3. The maximum Gasteiger partial charge on any atom is 0.251 e. The van der Waals surface area contributed by atoms with E-state index in [1.54, 1.807) is 26.0 Å². The minimum atomic E-state index is -0.0345. The van der Waals surface area contributed by atoms with E-state index in [2.05, 4.69) is 18.9 Å². The third kappa shape index (κ3) is 2.53. The fourth-order valence-corrected chi connectivity index (χ4v) is 4.79. The van der Waals surface area contributed by atoms with Gasteiger partial charge in [0.2, 0.25) is 5.75 Å². The van der Waals surface area contributed by atoms with E-state index in [1.807, 2.05) is 19.1 Å². The largest absolute Gasteiger partial charge is 0.493 e. The molecule has 2 atom stereocenters. The summed E-state index contributed by atoms with van der Waals surface area (Å²) >= 11 is 0. The molecular formula is C21H26N2O4. The van der Waals surface area contributed by atoms with E-state index in [-0.39, 0.29) is 12.3 Å². The van der Waals surface area contributed by atoms with Crippen LogP contribution in [-0.4, -0.2) is 37.0 Å². The van der Waals surface area contributed by atoms with Crippen LogP contribution >= 0.6 is 0 Å². The van der Waals surface area contributed by atoms with E-state index in [0.29, 0.717) is 34.5 Å².